The Morgan fingerprint density at radius 2 is 1.81 bits per heavy atom. The maximum atomic E-state index is 9.03. The van der Waals surface area contributed by atoms with Crippen molar-refractivity contribution in [2.45, 2.75) is 46.0 Å². The Morgan fingerprint density at radius 3 is 2.38 bits per heavy atom. The van der Waals surface area contributed by atoms with Gasteiger partial charge in [-0.15, -0.1) is 0 Å². The van der Waals surface area contributed by atoms with Gasteiger partial charge in [0.15, 0.2) is 0 Å². The molecule has 2 nitrogen and oxygen atoms in total. The topological polar surface area (TPSA) is 23.5 Å². The summed E-state index contributed by atoms with van der Waals surface area (Å²) >= 11 is 0. The van der Waals surface area contributed by atoms with Crippen LogP contribution in [0, 0.1) is 17.3 Å². The van der Waals surface area contributed by atoms with Crippen molar-refractivity contribution in [3.8, 4) is 0 Å². The van der Waals surface area contributed by atoms with Crippen molar-refractivity contribution in [1.29, 1.82) is 0 Å². The highest BCUT2D eigenvalue weighted by molar-refractivity contribution is 4.97. The van der Waals surface area contributed by atoms with E-state index in [-0.39, 0.29) is 0 Å². The largest absolute Gasteiger partial charge is 0.396 e. The van der Waals surface area contributed by atoms with Crippen molar-refractivity contribution in [3.05, 3.63) is 0 Å². The summed E-state index contributed by atoms with van der Waals surface area (Å²) in [6.45, 7) is 9.09. The molecule has 0 unspecified atom stereocenters. The highest BCUT2D eigenvalue weighted by Gasteiger charge is 2.47. The van der Waals surface area contributed by atoms with E-state index in [1.165, 1.54) is 45.3 Å². The van der Waals surface area contributed by atoms with E-state index in [1.807, 2.05) is 0 Å². The highest BCUT2D eigenvalue weighted by atomic mass is 16.3. The first-order chi connectivity index (χ1) is 7.64. The standard InChI is InChI=1S/C14H27NO/c1-14(2)12(6-9-16)10-13(14)11-15-7-4-3-5-8-15/h12-13,16H,3-11H2,1-2H3/t12-,13-/m0/s1. The zero-order valence-corrected chi connectivity index (χ0v) is 10.9. The van der Waals surface area contributed by atoms with Crippen LogP contribution in [0.2, 0.25) is 0 Å². The first kappa shape index (κ1) is 12.4. The maximum Gasteiger partial charge on any atom is 0.0433 e. The molecule has 0 radical (unpaired) electrons. The lowest BCUT2D eigenvalue weighted by molar-refractivity contribution is -0.0527. The smallest absolute Gasteiger partial charge is 0.0433 e. The lowest BCUT2D eigenvalue weighted by Gasteiger charge is -2.54. The van der Waals surface area contributed by atoms with E-state index >= 15 is 0 Å². The van der Waals surface area contributed by atoms with Crippen LogP contribution in [-0.4, -0.2) is 36.2 Å². The minimum Gasteiger partial charge on any atom is -0.396 e. The van der Waals surface area contributed by atoms with Gasteiger partial charge in [-0.05, 0) is 56.0 Å². The summed E-state index contributed by atoms with van der Waals surface area (Å²) in [6.07, 6.45) is 6.56. The molecule has 2 heteroatoms. The molecule has 1 saturated heterocycles. The molecule has 0 bridgehead atoms. The summed E-state index contributed by atoms with van der Waals surface area (Å²) in [6, 6.07) is 0. The molecule has 2 atom stereocenters. The Balaban J connectivity index is 1.79. The fourth-order valence-electron chi connectivity index (χ4n) is 3.53. The van der Waals surface area contributed by atoms with Crippen LogP contribution < -0.4 is 0 Å². The lowest BCUT2D eigenvalue weighted by Crippen LogP contribution is -2.51. The SMILES string of the molecule is CC1(C)[C@@H](CCO)C[C@H]1CN1CCCCC1. The summed E-state index contributed by atoms with van der Waals surface area (Å²) in [4.78, 5) is 2.66. The van der Waals surface area contributed by atoms with Gasteiger partial charge in [-0.2, -0.15) is 0 Å². The molecular weight excluding hydrogens is 198 g/mol. The van der Waals surface area contributed by atoms with E-state index in [0.717, 1.165) is 18.3 Å². The van der Waals surface area contributed by atoms with Crippen LogP contribution in [0.5, 0.6) is 0 Å². The van der Waals surface area contributed by atoms with Crippen LogP contribution in [-0.2, 0) is 0 Å². The van der Waals surface area contributed by atoms with E-state index < -0.39 is 0 Å². The molecule has 0 spiro atoms. The van der Waals surface area contributed by atoms with Gasteiger partial charge in [0.05, 0.1) is 0 Å². The zero-order chi connectivity index (χ0) is 11.6. The van der Waals surface area contributed by atoms with Gasteiger partial charge < -0.3 is 10.0 Å². The summed E-state index contributed by atoms with van der Waals surface area (Å²) in [5, 5.41) is 9.03. The minimum absolute atomic E-state index is 0.366. The summed E-state index contributed by atoms with van der Waals surface area (Å²) in [5.41, 5.74) is 0.459. The van der Waals surface area contributed by atoms with Crippen molar-refractivity contribution >= 4 is 0 Å². The molecule has 0 aromatic heterocycles. The van der Waals surface area contributed by atoms with E-state index in [9.17, 15) is 0 Å². The van der Waals surface area contributed by atoms with Crippen molar-refractivity contribution in [2.24, 2.45) is 17.3 Å². The first-order valence-corrected chi connectivity index (χ1v) is 6.98. The van der Waals surface area contributed by atoms with Gasteiger partial charge in [-0.1, -0.05) is 20.3 Å². The predicted octanol–water partition coefficient (Wildman–Crippen LogP) is 2.52. The Hall–Kier alpha value is -0.0800. The molecule has 0 amide bonds. The van der Waals surface area contributed by atoms with E-state index in [4.69, 9.17) is 5.11 Å². The Kier molecular flexibility index (Phi) is 3.91. The van der Waals surface area contributed by atoms with Gasteiger partial charge in [0.2, 0.25) is 0 Å². The third-order valence-electron chi connectivity index (χ3n) is 5.08. The van der Waals surface area contributed by atoms with Gasteiger partial charge >= 0.3 is 0 Å². The maximum absolute atomic E-state index is 9.03. The average Bonchev–Trinajstić information content (AvgIpc) is 2.29. The van der Waals surface area contributed by atoms with E-state index in [2.05, 4.69) is 18.7 Å². The number of likely N-dealkylation sites (tertiary alicyclic amines) is 1. The molecule has 94 valence electrons. The number of hydrogen-bond donors (Lipinski definition) is 1. The second-order valence-electron chi connectivity index (χ2n) is 6.32. The second kappa shape index (κ2) is 5.05. The predicted molar refractivity (Wildman–Crippen MR) is 67.4 cm³/mol. The summed E-state index contributed by atoms with van der Waals surface area (Å²) < 4.78 is 0. The van der Waals surface area contributed by atoms with Crippen LogP contribution in [0.4, 0.5) is 0 Å². The zero-order valence-electron chi connectivity index (χ0n) is 10.9. The first-order valence-electron chi connectivity index (χ1n) is 6.98. The van der Waals surface area contributed by atoms with E-state index in [1.54, 1.807) is 0 Å². The molecule has 0 aromatic carbocycles. The van der Waals surface area contributed by atoms with Crippen molar-refractivity contribution in [3.63, 3.8) is 0 Å². The highest BCUT2D eigenvalue weighted by Crippen LogP contribution is 2.53. The van der Waals surface area contributed by atoms with Gasteiger partial charge in [-0.3, -0.25) is 0 Å². The van der Waals surface area contributed by atoms with Crippen LogP contribution >= 0.6 is 0 Å². The van der Waals surface area contributed by atoms with Crippen LogP contribution in [0.1, 0.15) is 46.0 Å². The minimum atomic E-state index is 0.366. The molecule has 2 fully saturated rings. The average molecular weight is 225 g/mol. The molecule has 1 saturated carbocycles. The number of aliphatic hydroxyl groups is 1. The monoisotopic (exact) mass is 225 g/mol. The molecule has 16 heavy (non-hydrogen) atoms. The molecular formula is C14H27NO. The number of nitrogens with zero attached hydrogens (tertiary/aromatic N) is 1. The Morgan fingerprint density at radius 1 is 1.12 bits per heavy atom. The Labute approximate surface area is 100 Å². The molecule has 1 aliphatic carbocycles. The molecule has 2 aliphatic rings. The van der Waals surface area contributed by atoms with Crippen LogP contribution in [0.15, 0.2) is 0 Å². The van der Waals surface area contributed by atoms with Gasteiger partial charge in [0, 0.05) is 13.2 Å². The van der Waals surface area contributed by atoms with Crippen molar-refractivity contribution in [2.75, 3.05) is 26.2 Å². The second-order valence-corrected chi connectivity index (χ2v) is 6.32. The third-order valence-corrected chi connectivity index (χ3v) is 5.08. The van der Waals surface area contributed by atoms with Gasteiger partial charge in [-0.25, -0.2) is 0 Å². The molecule has 1 N–H and O–H groups in total. The van der Waals surface area contributed by atoms with Gasteiger partial charge in [0.25, 0.3) is 0 Å². The van der Waals surface area contributed by atoms with Crippen molar-refractivity contribution in [1.82, 2.24) is 4.90 Å². The fourth-order valence-corrected chi connectivity index (χ4v) is 3.53. The Bertz CT molecular complexity index is 221. The number of aliphatic hydroxyl groups excluding tert-OH is 1. The van der Waals surface area contributed by atoms with E-state index in [0.29, 0.717) is 12.0 Å². The number of hydrogen-bond acceptors (Lipinski definition) is 2. The fraction of sp³-hybridized carbons (Fsp3) is 1.00. The molecule has 1 heterocycles. The van der Waals surface area contributed by atoms with Gasteiger partial charge in [0.1, 0.15) is 0 Å². The summed E-state index contributed by atoms with van der Waals surface area (Å²) in [5.74, 6) is 1.62. The molecule has 1 aliphatic heterocycles. The quantitative estimate of drug-likeness (QED) is 0.794. The number of rotatable bonds is 4. The van der Waals surface area contributed by atoms with Crippen molar-refractivity contribution < 1.29 is 5.11 Å². The normalized spacial score (nSPS) is 34.7. The number of piperidine rings is 1. The van der Waals surface area contributed by atoms with Crippen LogP contribution in [0.3, 0.4) is 0 Å². The summed E-state index contributed by atoms with van der Waals surface area (Å²) in [7, 11) is 0. The third kappa shape index (κ3) is 2.43. The molecule has 0 aromatic rings. The van der Waals surface area contributed by atoms with Crippen LogP contribution in [0.25, 0.3) is 0 Å². The lowest BCUT2D eigenvalue weighted by atomic mass is 9.53. The molecule has 2 rings (SSSR count).